The molecule has 0 bridgehead atoms. The van der Waals surface area contributed by atoms with Crippen molar-refractivity contribution in [3.05, 3.63) is 29.6 Å². The highest BCUT2D eigenvalue weighted by Crippen LogP contribution is 2.25. The second-order valence-electron chi connectivity index (χ2n) is 4.13. The molecule has 0 amide bonds. The van der Waals surface area contributed by atoms with Gasteiger partial charge in [-0.25, -0.2) is 4.39 Å². The molecule has 0 saturated heterocycles. The number of hydrogen-bond acceptors (Lipinski definition) is 3. The van der Waals surface area contributed by atoms with Crippen LogP contribution in [0.1, 0.15) is 31.4 Å². The molecule has 1 rings (SSSR count). The van der Waals surface area contributed by atoms with Crippen LogP contribution in [-0.4, -0.2) is 27.4 Å². The molecule has 3 nitrogen and oxygen atoms in total. The number of halogens is 1. The molecule has 0 radical (unpaired) electrons. The third-order valence-corrected chi connectivity index (χ3v) is 2.87. The molecule has 1 unspecified atom stereocenters. The summed E-state index contributed by atoms with van der Waals surface area (Å²) in [5.41, 5.74) is 0.689. The molecular weight excluding hydrogens is 233 g/mol. The monoisotopic (exact) mass is 255 g/mol. The average molecular weight is 255 g/mol. The van der Waals surface area contributed by atoms with Crippen molar-refractivity contribution in [2.24, 2.45) is 0 Å². The Morgan fingerprint density at radius 2 is 2.11 bits per heavy atom. The molecule has 18 heavy (non-hydrogen) atoms. The molecule has 0 aliphatic rings. The number of methoxy groups -OCH3 is 2. The Kier molecular flexibility index (Phi) is 6.68. The van der Waals surface area contributed by atoms with Gasteiger partial charge in [-0.2, -0.15) is 0 Å². The summed E-state index contributed by atoms with van der Waals surface area (Å²) in [4.78, 5) is 0. The summed E-state index contributed by atoms with van der Waals surface area (Å²) < 4.78 is 24.0. The van der Waals surface area contributed by atoms with E-state index in [1.54, 1.807) is 19.2 Å². The molecule has 1 N–H and O–H groups in total. The summed E-state index contributed by atoms with van der Waals surface area (Å²) in [6.07, 6.45) is 1.75. The van der Waals surface area contributed by atoms with E-state index in [9.17, 15) is 4.39 Å². The van der Waals surface area contributed by atoms with Crippen molar-refractivity contribution in [1.82, 2.24) is 5.32 Å². The first-order chi connectivity index (χ1) is 8.72. The van der Waals surface area contributed by atoms with Gasteiger partial charge in [-0.15, -0.1) is 0 Å². The summed E-state index contributed by atoms with van der Waals surface area (Å²) in [7, 11) is 3.21. The lowest BCUT2D eigenvalue weighted by atomic mass is 10.0. The van der Waals surface area contributed by atoms with Gasteiger partial charge in [-0.3, -0.25) is 0 Å². The zero-order chi connectivity index (χ0) is 13.4. The molecule has 0 heterocycles. The Hall–Kier alpha value is -1.13. The molecule has 0 spiro atoms. The maximum Gasteiger partial charge on any atom is 0.131 e. The van der Waals surface area contributed by atoms with Gasteiger partial charge in [0.15, 0.2) is 0 Å². The van der Waals surface area contributed by atoms with Crippen LogP contribution in [0.4, 0.5) is 4.39 Å². The van der Waals surface area contributed by atoms with Crippen molar-refractivity contribution < 1.29 is 13.9 Å². The van der Waals surface area contributed by atoms with E-state index in [0.717, 1.165) is 19.4 Å². The zero-order valence-corrected chi connectivity index (χ0v) is 11.3. The molecule has 0 aliphatic carbocycles. The lowest BCUT2D eigenvalue weighted by molar-refractivity contribution is 0.188. The van der Waals surface area contributed by atoms with Crippen molar-refractivity contribution in [3.63, 3.8) is 0 Å². The third-order valence-electron chi connectivity index (χ3n) is 2.87. The fraction of sp³-hybridized carbons (Fsp3) is 0.571. The lowest BCUT2D eigenvalue weighted by Crippen LogP contribution is -2.22. The van der Waals surface area contributed by atoms with Crippen LogP contribution in [0.15, 0.2) is 18.2 Å². The first-order valence-electron chi connectivity index (χ1n) is 6.28. The summed E-state index contributed by atoms with van der Waals surface area (Å²) in [5.74, 6) is 0.320. The maximum atomic E-state index is 14.0. The van der Waals surface area contributed by atoms with E-state index in [4.69, 9.17) is 9.47 Å². The number of hydrogen-bond donors (Lipinski definition) is 1. The minimum atomic E-state index is -0.224. The average Bonchev–Trinajstić information content (AvgIpc) is 2.38. The fourth-order valence-electron chi connectivity index (χ4n) is 1.96. The number of nitrogens with one attached hydrogen (secondary N) is 1. The summed E-state index contributed by atoms with van der Waals surface area (Å²) in [6.45, 7) is 3.52. The second-order valence-corrected chi connectivity index (χ2v) is 4.13. The van der Waals surface area contributed by atoms with Crippen molar-refractivity contribution in [1.29, 1.82) is 0 Å². The molecule has 0 fully saturated rings. The Bertz CT molecular complexity index is 358. The van der Waals surface area contributed by atoms with Gasteiger partial charge in [-0.05, 0) is 25.5 Å². The van der Waals surface area contributed by atoms with Crippen LogP contribution in [0.5, 0.6) is 5.75 Å². The van der Waals surface area contributed by atoms with Gasteiger partial charge in [0.2, 0.25) is 0 Å². The van der Waals surface area contributed by atoms with E-state index in [1.165, 1.54) is 13.2 Å². The topological polar surface area (TPSA) is 30.5 Å². The lowest BCUT2D eigenvalue weighted by Gasteiger charge is -2.19. The highest BCUT2D eigenvalue weighted by molar-refractivity contribution is 5.30. The standard InChI is InChI=1S/C14H22FNO2/c1-4-16-14(6-5-9-17-2)12-8-7-11(18-3)10-13(12)15/h7-8,10,14,16H,4-6,9H2,1-3H3. The van der Waals surface area contributed by atoms with E-state index in [2.05, 4.69) is 5.32 Å². The molecule has 1 aromatic rings. The van der Waals surface area contributed by atoms with E-state index in [1.807, 2.05) is 6.92 Å². The van der Waals surface area contributed by atoms with Gasteiger partial charge in [0.1, 0.15) is 11.6 Å². The van der Waals surface area contributed by atoms with E-state index < -0.39 is 0 Å². The van der Waals surface area contributed by atoms with Crippen LogP contribution in [0.2, 0.25) is 0 Å². The van der Waals surface area contributed by atoms with Crippen LogP contribution in [0.25, 0.3) is 0 Å². The fourth-order valence-corrected chi connectivity index (χ4v) is 1.96. The van der Waals surface area contributed by atoms with Crippen LogP contribution < -0.4 is 10.1 Å². The minimum absolute atomic E-state index is 0.0241. The quantitative estimate of drug-likeness (QED) is 0.724. The zero-order valence-electron chi connectivity index (χ0n) is 11.3. The van der Waals surface area contributed by atoms with Crippen LogP contribution in [0.3, 0.4) is 0 Å². The van der Waals surface area contributed by atoms with Gasteiger partial charge in [0.25, 0.3) is 0 Å². The largest absolute Gasteiger partial charge is 0.497 e. The molecule has 1 aromatic carbocycles. The van der Waals surface area contributed by atoms with Gasteiger partial charge in [0, 0.05) is 31.4 Å². The predicted octanol–water partition coefficient (Wildman–Crippen LogP) is 2.91. The van der Waals surface area contributed by atoms with E-state index in [-0.39, 0.29) is 11.9 Å². The van der Waals surface area contributed by atoms with Gasteiger partial charge < -0.3 is 14.8 Å². The van der Waals surface area contributed by atoms with Crippen LogP contribution in [0, 0.1) is 5.82 Å². The molecule has 0 aliphatic heterocycles. The second kappa shape index (κ2) is 8.06. The summed E-state index contributed by atoms with van der Waals surface area (Å²) >= 11 is 0. The van der Waals surface area contributed by atoms with E-state index in [0.29, 0.717) is 17.9 Å². The Labute approximate surface area is 108 Å². The highest BCUT2D eigenvalue weighted by atomic mass is 19.1. The minimum Gasteiger partial charge on any atom is -0.497 e. The number of ether oxygens (including phenoxy) is 2. The number of benzene rings is 1. The molecule has 4 heteroatoms. The predicted molar refractivity (Wildman–Crippen MR) is 70.5 cm³/mol. The summed E-state index contributed by atoms with van der Waals surface area (Å²) in [6, 6.07) is 5.03. The SMILES string of the molecule is CCNC(CCCOC)c1ccc(OC)cc1F. The van der Waals surface area contributed by atoms with Crippen LogP contribution in [-0.2, 0) is 4.74 Å². The van der Waals surface area contributed by atoms with Crippen molar-refractivity contribution in [3.8, 4) is 5.75 Å². The third kappa shape index (κ3) is 4.27. The van der Waals surface area contributed by atoms with Crippen molar-refractivity contribution in [2.75, 3.05) is 27.4 Å². The molecule has 1 atom stereocenters. The molecule has 0 aromatic heterocycles. The van der Waals surface area contributed by atoms with Gasteiger partial charge in [-0.1, -0.05) is 13.0 Å². The molecular formula is C14H22FNO2. The summed E-state index contributed by atoms with van der Waals surface area (Å²) in [5, 5.41) is 3.30. The molecule has 0 saturated carbocycles. The van der Waals surface area contributed by atoms with Crippen molar-refractivity contribution >= 4 is 0 Å². The maximum absolute atomic E-state index is 14.0. The Morgan fingerprint density at radius 3 is 2.67 bits per heavy atom. The Balaban J connectivity index is 2.77. The first-order valence-corrected chi connectivity index (χ1v) is 6.28. The van der Waals surface area contributed by atoms with Crippen LogP contribution >= 0.6 is 0 Å². The first kappa shape index (κ1) is 14.9. The normalized spacial score (nSPS) is 12.4. The van der Waals surface area contributed by atoms with Crippen molar-refractivity contribution in [2.45, 2.75) is 25.8 Å². The number of rotatable bonds is 8. The smallest absolute Gasteiger partial charge is 0.131 e. The van der Waals surface area contributed by atoms with Gasteiger partial charge >= 0.3 is 0 Å². The van der Waals surface area contributed by atoms with Gasteiger partial charge in [0.05, 0.1) is 7.11 Å². The molecule has 102 valence electrons. The highest BCUT2D eigenvalue weighted by Gasteiger charge is 2.15. The van der Waals surface area contributed by atoms with E-state index >= 15 is 0 Å². The Morgan fingerprint density at radius 1 is 1.33 bits per heavy atom.